The van der Waals surface area contributed by atoms with Gasteiger partial charge in [-0.2, -0.15) is 0 Å². The Morgan fingerprint density at radius 1 is 1.39 bits per heavy atom. The summed E-state index contributed by atoms with van der Waals surface area (Å²) in [6.07, 6.45) is 1.43. The summed E-state index contributed by atoms with van der Waals surface area (Å²) < 4.78 is 31.0. The van der Waals surface area contributed by atoms with Crippen molar-refractivity contribution in [1.29, 1.82) is 0 Å². The molecule has 0 amide bonds. The Balaban J connectivity index is 2.04. The lowest BCUT2D eigenvalue weighted by Crippen LogP contribution is -2.26. The van der Waals surface area contributed by atoms with Crippen molar-refractivity contribution in [2.24, 2.45) is 17.3 Å². The molecular formula is C14H20F2O2. The molecule has 0 radical (unpaired) electrons. The van der Waals surface area contributed by atoms with Crippen molar-refractivity contribution in [3.63, 3.8) is 0 Å². The van der Waals surface area contributed by atoms with E-state index in [1.807, 2.05) is 34.6 Å². The maximum absolute atomic E-state index is 12.9. The van der Waals surface area contributed by atoms with Gasteiger partial charge in [-0.15, -0.1) is 0 Å². The van der Waals surface area contributed by atoms with Gasteiger partial charge in [0.1, 0.15) is 5.60 Å². The Morgan fingerprint density at radius 2 is 1.89 bits per heavy atom. The van der Waals surface area contributed by atoms with Crippen LogP contribution in [0.3, 0.4) is 0 Å². The van der Waals surface area contributed by atoms with Gasteiger partial charge in [0.15, 0.2) is 0 Å². The zero-order chi connectivity index (χ0) is 13.9. The van der Waals surface area contributed by atoms with E-state index in [0.717, 1.165) is 0 Å². The van der Waals surface area contributed by atoms with E-state index in [-0.39, 0.29) is 35.2 Å². The average Bonchev–Trinajstić information content (AvgIpc) is 2.85. The zero-order valence-corrected chi connectivity index (χ0v) is 11.5. The van der Waals surface area contributed by atoms with E-state index in [0.29, 0.717) is 0 Å². The van der Waals surface area contributed by atoms with Gasteiger partial charge >= 0.3 is 5.97 Å². The van der Waals surface area contributed by atoms with E-state index in [2.05, 4.69) is 0 Å². The van der Waals surface area contributed by atoms with Crippen LogP contribution in [0.15, 0.2) is 11.6 Å². The Hall–Kier alpha value is -0.930. The van der Waals surface area contributed by atoms with Crippen LogP contribution in [0.4, 0.5) is 8.78 Å². The lowest BCUT2D eigenvalue weighted by molar-refractivity contribution is -0.157. The molecule has 0 N–H and O–H groups in total. The van der Waals surface area contributed by atoms with Crippen molar-refractivity contribution in [3.8, 4) is 0 Å². The first-order chi connectivity index (χ1) is 7.95. The lowest BCUT2D eigenvalue weighted by Gasteiger charge is -2.19. The van der Waals surface area contributed by atoms with Crippen molar-refractivity contribution in [3.05, 3.63) is 11.6 Å². The number of alkyl halides is 2. The lowest BCUT2D eigenvalue weighted by atomic mass is 10.1. The van der Waals surface area contributed by atoms with Crippen LogP contribution >= 0.6 is 0 Å². The third-order valence-electron chi connectivity index (χ3n) is 3.71. The predicted molar refractivity (Wildman–Crippen MR) is 64.3 cm³/mol. The van der Waals surface area contributed by atoms with Gasteiger partial charge in [0, 0.05) is 12.0 Å². The van der Waals surface area contributed by atoms with E-state index >= 15 is 0 Å². The molecular weight excluding hydrogens is 238 g/mol. The molecule has 2 rings (SSSR count). The van der Waals surface area contributed by atoms with Gasteiger partial charge in [-0.3, -0.25) is 4.79 Å². The van der Waals surface area contributed by atoms with Crippen LogP contribution < -0.4 is 0 Å². The minimum atomic E-state index is -2.63. The highest BCUT2D eigenvalue weighted by Gasteiger charge is 2.64. The first kappa shape index (κ1) is 13.5. The number of hydrogen-bond acceptors (Lipinski definition) is 2. The molecule has 0 unspecified atom stereocenters. The van der Waals surface area contributed by atoms with Gasteiger partial charge in [-0.1, -0.05) is 19.9 Å². The molecule has 102 valence electrons. The van der Waals surface area contributed by atoms with Crippen LogP contribution in [0.5, 0.6) is 0 Å². The maximum atomic E-state index is 12.9. The second-order valence-corrected chi connectivity index (χ2v) is 6.93. The second kappa shape index (κ2) is 3.55. The molecule has 2 fully saturated rings. The predicted octanol–water partition coefficient (Wildman–Crippen LogP) is 3.57. The Bertz CT molecular complexity index is 416. The SMILES string of the molecule is CC(C)(C)OC(=O)[C@@H]1[C@H](/C=C2\CC2(F)F)C1(C)C. The van der Waals surface area contributed by atoms with E-state index in [1.54, 1.807) is 6.08 Å². The van der Waals surface area contributed by atoms with Gasteiger partial charge in [-0.25, -0.2) is 8.78 Å². The number of ether oxygens (including phenoxy) is 1. The number of halogens is 2. The van der Waals surface area contributed by atoms with Gasteiger partial charge < -0.3 is 4.74 Å². The monoisotopic (exact) mass is 258 g/mol. The largest absolute Gasteiger partial charge is 0.460 e. The van der Waals surface area contributed by atoms with Crippen LogP contribution in [0.1, 0.15) is 41.0 Å². The third kappa shape index (κ3) is 2.43. The summed E-state index contributed by atoms with van der Waals surface area (Å²) in [6, 6.07) is 0. The number of allylic oxidation sites excluding steroid dienone is 2. The average molecular weight is 258 g/mol. The fourth-order valence-corrected chi connectivity index (χ4v) is 2.40. The van der Waals surface area contributed by atoms with E-state index in [4.69, 9.17) is 4.74 Å². The minimum Gasteiger partial charge on any atom is -0.460 e. The molecule has 0 bridgehead atoms. The molecule has 0 spiro atoms. The van der Waals surface area contributed by atoms with E-state index in [1.165, 1.54) is 0 Å². The second-order valence-electron chi connectivity index (χ2n) is 6.93. The first-order valence-electron chi connectivity index (χ1n) is 6.27. The highest BCUT2D eigenvalue weighted by atomic mass is 19.3. The van der Waals surface area contributed by atoms with Crippen molar-refractivity contribution < 1.29 is 18.3 Å². The van der Waals surface area contributed by atoms with E-state index in [9.17, 15) is 13.6 Å². The van der Waals surface area contributed by atoms with Gasteiger partial charge in [-0.05, 0) is 32.1 Å². The summed E-state index contributed by atoms with van der Waals surface area (Å²) in [5.41, 5.74) is -0.628. The van der Waals surface area contributed by atoms with Crippen LogP contribution in [0.25, 0.3) is 0 Å². The summed E-state index contributed by atoms with van der Waals surface area (Å²) in [5, 5.41) is 0. The third-order valence-corrected chi connectivity index (χ3v) is 3.71. The van der Waals surface area contributed by atoms with Crippen LogP contribution in [-0.4, -0.2) is 17.5 Å². The Morgan fingerprint density at radius 3 is 2.28 bits per heavy atom. The molecule has 0 aromatic heterocycles. The molecule has 18 heavy (non-hydrogen) atoms. The molecule has 0 aromatic rings. The number of carbonyl (C=O) groups is 1. The van der Waals surface area contributed by atoms with Crippen molar-refractivity contribution >= 4 is 5.97 Å². The molecule has 2 aliphatic rings. The quantitative estimate of drug-likeness (QED) is 0.559. The fraction of sp³-hybridized carbons (Fsp3) is 0.786. The van der Waals surface area contributed by atoms with E-state index < -0.39 is 11.5 Å². The zero-order valence-electron chi connectivity index (χ0n) is 11.5. The molecule has 2 atom stereocenters. The summed E-state index contributed by atoms with van der Waals surface area (Å²) in [7, 11) is 0. The maximum Gasteiger partial charge on any atom is 0.310 e. The fourth-order valence-electron chi connectivity index (χ4n) is 2.40. The summed E-state index contributed by atoms with van der Waals surface area (Å²) in [6.45, 7) is 9.27. The van der Waals surface area contributed by atoms with Gasteiger partial charge in [0.05, 0.1) is 5.92 Å². The number of carbonyl (C=O) groups excluding carboxylic acids is 1. The van der Waals surface area contributed by atoms with Crippen LogP contribution in [0.2, 0.25) is 0 Å². The Labute approximate surface area is 106 Å². The normalized spacial score (nSPS) is 34.3. The molecule has 2 aliphatic carbocycles. The number of hydrogen-bond donors (Lipinski definition) is 0. The molecule has 2 saturated carbocycles. The first-order valence-corrected chi connectivity index (χ1v) is 6.27. The topological polar surface area (TPSA) is 26.3 Å². The summed E-state index contributed by atoms with van der Waals surface area (Å²) >= 11 is 0. The highest BCUT2D eigenvalue weighted by Crippen LogP contribution is 2.62. The Kier molecular flexibility index (Phi) is 2.66. The highest BCUT2D eigenvalue weighted by molar-refractivity contribution is 5.78. The van der Waals surface area contributed by atoms with Crippen LogP contribution in [-0.2, 0) is 9.53 Å². The molecule has 0 saturated heterocycles. The van der Waals surface area contributed by atoms with Crippen molar-refractivity contribution in [2.45, 2.75) is 52.6 Å². The molecule has 0 heterocycles. The van der Waals surface area contributed by atoms with Crippen molar-refractivity contribution in [1.82, 2.24) is 0 Å². The smallest absolute Gasteiger partial charge is 0.310 e. The molecule has 2 nitrogen and oxygen atoms in total. The van der Waals surface area contributed by atoms with Gasteiger partial charge in [0.25, 0.3) is 5.92 Å². The van der Waals surface area contributed by atoms with Crippen LogP contribution in [0, 0.1) is 17.3 Å². The number of esters is 1. The molecule has 4 heteroatoms. The van der Waals surface area contributed by atoms with Gasteiger partial charge in [0.2, 0.25) is 0 Å². The molecule has 0 aromatic carbocycles. The summed E-state index contributed by atoms with van der Waals surface area (Å²) in [5.74, 6) is -3.31. The standard InChI is InChI=1S/C14H20F2O2/c1-12(2,3)18-11(17)10-9(13(10,4)5)6-8-7-14(8,15)16/h6,9-10H,7H2,1-5H3/b8-6+/t9-,10-/m0/s1. The van der Waals surface area contributed by atoms with Crippen molar-refractivity contribution in [2.75, 3.05) is 0 Å². The minimum absolute atomic E-state index is 0.115. The molecule has 0 aliphatic heterocycles. The summed E-state index contributed by atoms with van der Waals surface area (Å²) in [4.78, 5) is 12.0. The number of rotatable bonds is 2.